The highest BCUT2D eigenvalue weighted by Crippen LogP contribution is 2.26. The third-order valence-corrected chi connectivity index (χ3v) is 3.72. The summed E-state index contributed by atoms with van der Waals surface area (Å²) in [6.07, 6.45) is 0.647. The molecule has 0 bridgehead atoms. The second-order valence-corrected chi connectivity index (χ2v) is 5.98. The topological polar surface area (TPSA) is 58.6 Å². The zero-order valence-corrected chi connectivity index (χ0v) is 14.3. The summed E-state index contributed by atoms with van der Waals surface area (Å²) >= 11 is 17.8. The van der Waals surface area contributed by atoms with Crippen LogP contribution in [0.15, 0.2) is 36.4 Å². The van der Waals surface area contributed by atoms with E-state index in [1.807, 2.05) is 0 Å². The fourth-order valence-electron chi connectivity index (χ4n) is 1.97. The molecular weight excluding hydrogens is 361 g/mol. The Balaban J connectivity index is 1.85. The minimum atomic E-state index is -1.03. The number of rotatable bonds is 7. The molecular formula is C16H14Cl3NO3. The maximum atomic E-state index is 11.2. The summed E-state index contributed by atoms with van der Waals surface area (Å²) in [4.78, 5) is 11.2. The molecule has 0 spiro atoms. The molecule has 122 valence electrons. The van der Waals surface area contributed by atoms with E-state index in [-0.39, 0.29) is 5.56 Å². The van der Waals surface area contributed by atoms with Gasteiger partial charge in [0.25, 0.3) is 0 Å². The van der Waals surface area contributed by atoms with Crippen LogP contribution < -0.4 is 10.1 Å². The molecule has 2 aromatic rings. The molecule has 7 heteroatoms. The van der Waals surface area contributed by atoms with E-state index in [1.54, 1.807) is 30.3 Å². The molecule has 2 N–H and O–H groups in total. The molecule has 4 nitrogen and oxygen atoms in total. The number of carbonyl (C=O) groups is 1. The fraction of sp³-hybridized carbons (Fsp3) is 0.188. The van der Waals surface area contributed by atoms with Gasteiger partial charge in [-0.2, -0.15) is 0 Å². The van der Waals surface area contributed by atoms with E-state index in [2.05, 4.69) is 5.32 Å². The van der Waals surface area contributed by atoms with Crippen molar-refractivity contribution >= 4 is 46.5 Å². The molecule has 0 unspecified atom stereocenters. The van der Waals surface area contributed by atoms with Crippen LogP contribution in [0.1, 0.15) is 16.8 Å². The van der Waals surface area contributed by atoms with Crippen molar-refractivity contribution in [1.82, 2.24) is 0 Å². The van der Waals surface area contributed by atoms with Crippen LogP contribution in [0, 0.1) is 0 Å². The second kappa shape index (κ2) is 8.29. The second-order valence-electron chi connectivity index (χ2n) is 4.70. The van der Waals surface area contributed by atoms with Gasteiger partial charge in [0.15, 0.2) is 0 Å². The lowest BCUT2D eigenvalue weighted by Crippen LogP contribution is -2.11. The van der Waals surface area contributed by atoms with Gasteiger partial charge in [-0.15, -0.1) is 0 Å². The Bertz CT molecular complexity index is 687. The van der Waals surface area contributed by atoms with Gasteiger partial charge in [0.2, 0.25) is 0 Å². The molecule has 0 radical (unpaired) electrons. The number of halogens is 3. The average Bonchev–Trinajstić information content (AvgIpc) is 2.47. The largest absolute Gasteiger partial charge is 0.493 e. The SMILES string of the molecule is O=C(O)c1cccc(Cl)c1NCCCOc1cc(Cl)cc(Cl)c1. The summed E-state index contributed by atoms with van der Waals surface area (Å²) in [5, 5.41) is 13.6. The van der Waals surface area contributed by atoms with Gasteiger partial charge in [0.1, 0.15) is 5.75 Å². The molecule has 0 aliphatic rings. The van der Waals surface area contributed by atoms with E-state index in [0.717, 1.165) is 0 Å². The molecule has 0 aliphatic heterocycles. The van der Waals surface area contributed by atoms with E-state index in [4.69, 9.17) is 44.6 Å². The highest BCUT2D eigenvalue weighted by atomic mass is 35.5. The summed E-state index contributed by atoms with van der Waals surface area (Å²) < 4.78 is 5.56. The Labute approximate surface area is 148 Å². The number of anilines is 1. The first-order valence-corrected chi connectivity index (χ1v) is 7.95. The van der Waals surface area contributed by atoms with Crippen molar-refractivity contribution in [3.63, 3.8) is 0 Å². The first-order chi connectivity index (χ1) is 11.0. The Hall–Kier alpha value is -1.62. The number of hydrogen-bond donors (Lipinski definition) is 2. The molecule has 0 atom stereocenters. The number of carboxylic acid groups (broad SMARTS) is 1. The van der Waals surface area contributed by atoms with Crippen LogP contribution in [0.4, 0.5) is 5.69 Å². The van der Waals surface area contributed by atoms with Gasteiger partial charge < -0.3 is 15.2 Å². The van der Waals surface area contributed by atoms with E-state index < -0.39 is 5.97 Å². The van der Waals surface area contributed by atoms with Crippen molar-refractivity contribution in [2.24, 2.45) is 0 Å². The maximum Gasteiger partial charge on any atom is 0.337 e. The number of ether oxygens (including phenoxy) is 1. The highest BCUT2D eigenvalue weighted by molar-refractivity contribution is 6.35. The first kappa shape index (κ1) is 17.7. The molecule has 0 aromatic heterocycles. The summed E-state index contributed by atoms with van der Waals surface area (Å²) in [6.45, 7) is 0.939. The van der Waals surface area contributed by atoms with Gasteiger partial charge >= 0.3 is 5.97 Å². The summed E-state index contributed by atoms with van der Waals surface area (Å²) in [5.41, 5.74) is 0.549. The lowest BCUT2D eigenvalue weighted by Gasteiger charge is -2.12. The van der Waals surface area contributed by atoms with Crippen molar-refractivity contribution in [2.75, 3.05) is 18.5 Å². The van der Waals surface area contributed by atoms with E-state index in [0.29, 0.717) is 46.1 Å². The van der Waals surface area contributed by atoms with Crippen molar-refractivity contribution in [1.29, 1.82) is 0 Å². The highest BCUT2D eigenvalue weighted by Gasteiger charge is 2.12. The van der Waals surface area contributed by atoms with Crippen molar-refractivity contribution in [3.05, 3.63) is 57.0 Å². The first-order valence-electron chi connectivity index (χ1n) is 6.82. The third-order valence-electron chi connectivity index (χ3n) is 2.97. The standard InChI is InChI=1S/C16H14Cl3NO3/c17-10-7-11(18)9-12(8-10)23-6-2-5-20-15-13(16(21)22)3-1-4-14(15)19/h1,3-4,7-9,20H,2,5-6H2,(H,21,22). The number of benzene rings is 2. The van der Waals surface area contributed by atoms with E-state index in [1.165, 1.54) is 6.07 Å². The number of hydrogen-bond acceptors (Lipinski definition) is 3. The van der Waals surface area contributed by atoms with Crippen molar-refractivity contribution < 1.29 is 14.6 Å². The Morgan fingerprint density at radius 3 is 2.48 bits per heavy atom. The van der Waals surface area contributed by atoms with Gasteiger partial charge in [-0.05, 0) is 36.8 Å². The third kappa shape index (κ3) is 5.20. The van der Waals surface area contributed by atoms with Crippen LogP contribution >= 0.6 is 34.8 Å². The monoisotopic (exact) mass is 373 g/mol. The van der Waals surface area contributed by atoms with Crippen LogP contribution in [0.5, 0.6) is 5.75 Å². The van der Waals surface area contributed by atoms with Crippen LogP contribution in [-0.4, -0.2) is 24.2 Å². The van der Waals surface area contributed by atoms with Crippen molar-refractivity contribution in [3.8, 4) is 5.75 Å². The predicted octanol–water partition coefficient (Wildman–Crippen LogP) is 5.23. The Kier molecular flexibility index (Phi) is 6.39. The van der Waals surface area contributed by atoms with Gasteiger partial charge in [-0.1, -0.05) is 40.9 Å². The van der Waals surface area contributed by atoms with Gasteiger partial charge in [0.05, 0.1) is 22.9 Å². The lowest BCUT2D eigenvalue weighted by molar-refractivity contribution is 0.0698. The molecule has 2 rings (SSSR count). The molecule has 0 amide bonds. The number of para-hydroxylation sites is 1. The van der Waals surface area contributed by atoms with Crippen LogP contribution in [0.3, 0.4) is 0 Å². The molecule has 0 heterocycles. The minimum Gasteiger partial charge on any atom is -0.493 e. The van der Waals surface area contributed by atoms with E-state index >= 15 is 0 Å². The number of nitrogens with one attached hydrogen (secondary N) is 1. The van der Waals surface area contributed by atoms with Crippen LogP contribution in [0.25, 0.3) is 0 Å². The maximum absolute atomic E-state index is 11.2. The quantitative estimate of drug-likeness (QED) is 0.652. The average molecular weight is 375 g/mol. The lowest BCUT2D eigenvalue weighted by atomic mass is 10.1. The van der Waals surface area contributed by atoms with Crippen LogP contribution in [0.2, 0.25) is 15.1 Å². The Morgan fingerprint density at radius 1 is 1.13 bits per heavy atom. The molecule has 0 saturated carbocycles. The predicted molar refractivity (Wildman–Crippen MR) is 93.5 cm³/mol. The smallest absolute Gasteiger partial charge is 0.337 e. The summed E-state index contributed by atoms with van der Waals surface area (Å²) in [6, 6.07) is 9.72. The van der Waals surface area contributed by atoms with Crippen molar-refractivity contribution in [2.45, 2.75) is 6.42 Å². The summed E-state index contributed by atoms with van der Waals surface area (Å²) in [7, 11) is 0. The molecule has 23 heavy (non-hydrogen) atoms. The molecule has 2 aromatic carbocycles. The number of carboxylic acids is 1. The molecule has 0 fully saturated rings. The minimum absolute atomic E-state index is 0.139. The Morgan fingerprint density at radius 2 is 1.83 bits per heavy atom. The zero-order chi connectivity index (χ0) is 16.8. The van der Waals surface area contributed by atoms with Gasteiger partial charge in [0, 0.05) is 16.6 Å². The van der Waals surface area contributed by atoms with Gasteiger partial charge in [-0.3, -0.25) is 0 Å². The fourth-order valence-corrected chi connectivity index (χ4v) is 2.72. The normalized spacial score (nSPS) is 10.4. The molecule has 0 saturated heterocycles. The van der Waals surface area contributed by atoms with Gasteiger partial charge in [-0.25, -0.2) is 4.79 Å². The summed E-state index contributed by atoms with van der Waals surface area (Å²) in [5.74, 6) is -0.439. The van der Waals surface area contributed by atoms with E-state index in [9.17, 15) is 4.79 Å². The number of aromatic carboxylic acids is 1. The molecule has 0 aliphatic carbocycles. The van der Waals surface area contributed by atoms with Crippen LogP contribution in [-0.2, 0) is 0 Å². The zero-order valence-electron chi connectivity index (χ0n) is 12.0.